The zero-order valence-electron chi connectivity index (χ0n) is 13.4. The summed E-state index contributed by atoms with van der Waals surface area (Å²) in [4.78, 5) is 14.0. The van der Waals surface area contributed by atoms with E-state index in [0.29, 0.717) is 25.0 Å². The van der Waals surface area contributed by atoms with Crippen LogP contribution in [0.25, 0.3) is 0 Å². The molecule has 1 N–H and O–H groups in total. The standard InChI is InChI=1S/C15H30N2O2.ClH/c1-12(2)11-13(3)19-10-7-15(18)17(4)14-5-8-16-9-6-14;/h12-14,16H,5-11H2,1-4H3;1H. The average molecular weight is 307 g/mol. The fourth-order valence-corrected chi connectivity index (χ4v) is 2.65. The second kappa shape index (κ2) is 10.4. The highest BCUT2D eigenvalue weighted by molar-refractivity contribution is 5.85. The van der Waals surface area contributed by atoms with E-state index >= 15 is 0 Å². The minimum Gasteiger partial charge on any atom is -0.378 e. The van der Waals surface area contributed by atoms with Crippen LogP contribution in [-0.4, -0.2) is 49.7 Å². The molecule has 120 valence electrons. The Morgan fingerprint density at radius 3 is 2.45 bits per heavy atom. The molecule has 1 heterocycles. The molecular weight excluding hydrogens is 276 g/mol. The first kappa shape index (κ1) is 19.7. The first-order valence-electron chi connectivity index (χ1n) is 7.58. The average Bonchev–Trinajstić information content (AvgIpc) is 2.37. The van der Waals surface area contributed by atoms with Crippen molar-refractivity contribution < 1.29 is 9.53 Å². The lowest BCUT2D eigenvalue weighted by molar-refractivity contribution is -0.134. The van der Waals surface area contributed by atoms with E-state index in [1.54, 1.807) is 0 Å². The Morgan fingerprint density at radius 1 is 1.30 bits per heavy atom. The molecule has 0 bridgehead atoms. The molecule has 1 saturated heterocycles. The van der Waals surface area contributed by atoms with E-state index in [-0.39, 0.29) is 24.4 Å². The molecule has 0 radical (unpaired) electrons. The lowest BCUT2D eigenvalue weighted by Crippen LogP contribution is -2.44. The normalized spacial score (nSPS) is 17.6. The van der Waals surface area contributed by atoms with Crippen LogP contribution in [0.3, 0.4) is 0 Å². The summed E-state index contributed by atoms with van der Waals surface area (Å²) in [6.45, 7) is 9.04. The van der Waals surface area contributed by atoms with Gasteiger partial charge in [-0.3, -0.25) is 4.79 Å². The Labute approximate surface area is 130 Å². The van der Waals surface area contributed by atoms with Crippen molar-refractivity contribution in [2.24, 2.45) is 5.92 Å². The van der Waals surface area contributed by atoms with Crippen molar-refractivity contribution in [3.8, 4) is 0 Å². The van der Waals surface area contributed by atoms with Crippen molar-refractivity contribution in [1.82, 2.24) is 10.2 Å². The number of nitrogens with one attached hydrogen (secondary N) is 1. The van der Waals surface area contributed by atoms with Crippen LogP contribution in [0.4, 0.5) is 0 Å². The molecular formula is C15H31ClN2O2. The number of ether oxygens (including phenoxy) is 1. The molecule has 1 amide bonds. The highest BCUT2D eigenvalue weighted by Gasteiger charge is 2.21. The van der Waals surface area contributed by atoms with Crippen molar-refractivity contribution in [2.75, 3.05) is 26.7 Å². The summed E-state index contributed by atoms with van der Waals surface area (Å²) in [5.41, 5.74) is 0. The number of amides is 1. The molecule has 1 atom stereocenters. The molecule has 1 fully saturated rings. The summed E-state index contributed by atoms with van der Waals surface area (Å²) < 4.78 is 5.70. The number of piperidine rings is 1. The van der Waals surface area contributed by atoms with Gasteiger partial charge in [-0.05, 0) is 45.2 Å². The maximum atomic E-state index is 12.1. The summed E-state index contributed by atoms with van der Waals surface area (Å²) in [6, 6.07) is 0.404. The van der Waals surface area contributed by atoms with Crippen molar-refractivity contribution in [2.45, 2.75) is 58.6 Å². The van der Waals surface area contributed by atoms with E-state index in [1.165, 1.54) is 0 Å². The molecule has 4 nitrogen and oxygen atoms in total. The Bertz CT molecular complexity index is 269. The quantitative estimate of drug-likeness (QED) is 0.785. The predicted molar refractivity (Wildman–Crippen MR) is 85.4 cm³/mol. The molecule has 1 aliphatic heterocycles. The van der Waals surface area contributed by atoms with Gasteiger partial charge in [0.1, 0.15) is 0 Å². The molecule has 0 aromatic rings. The zero-order valence-corrected chi connectivity index (χ0v) is 14.2. The lowest BCUT2D eigenvalue weighted by atomic mass is 10.1. The van der Waals surface area contributed by atoms with E-state index in [4.69, 9.17) is 4.74 Å². The van der Waals surface area contributed by atoms with Crippen LogP contribution in [0.15, 0.2) is 0 Å². The van der Waals surface area contributed by atoms with Gasteiger partial charge in [-0.2, -0.15) is 0 Å². The molecule has 1 rings (SSSR count). The van der Waals surface area contributed by atoms with Crippen molar-refractivity contribution in [3.05, 3.63) is 0 Å². The van der Waals surface area contributed by atoms with Crippen molar-refractivity contribution in [1.29, 1.82) is 0 Å². The van der Waals surface area contributed by atoms with Crippen molar-refractivity contribution >= 4 is 18.3 Å². The topological polar surface area (TPSA) is 41.6 Å². The van der Waals surface area contributed by atoms with Crippen LogP contribution >= 0.6 is 12.4 Å². The predicted octanol–water partition coefficient (Wildman–Crippen LogP) is 2.46. The molecule has 1 unspecified atom stereocenters. The van der Waals surface area contributed by atoms with Crippen LogP contribution in [-0.2, 0) is 9.53 Å². The third-order valence-electron chi connectivity index (χ3n) is 3.77. The number of halogens is 1. The molecule has 0 aromatic heterocycles. The van der Waals surface area contributed by atoms with Gasteiger partial charge in [0, 0.05) is 13.1 Å². The summed E-state index contributed by atoms with van der Waals surface area (Å²) in [7, 11) is 1.93. The SMILES string of the molecule is CC(C)CC(C)OCCC(=O)N(C)C1CCNCC1.Cl. The van der Waals surface area contributed by atoms with Gasteiger partial charge in [-0.15, -0.1) is 12.4 Å². The van der Waals surface area contributed by atoms with Gasteiger partial charge in [0.05, 0.1) is 19.1 Å². The van der Waals surface area contributed by atoms with E-state index in [2.05, 4.69) is 26.1 Å². The third-order valence-corrected chi connectivity index (χ3v) is 3.77. The minimum atomic E-state index is 0. The van der Waals surface area contributed by atoms with Crippen LogP contribution in [0.2, 0.25) is 0 Å². The Morgan fingerprint density at radius 2 is 1.90 bits per heavy atom. The fourth-order valence-electron chi connectivity index (χ4n) is 2.65. The van der Waals surface area contributed by atoms with Gasteiger partial charge in [0.15, 0.2) is 0 Å². The number of rotatable bonds is 7. The van der Waals surface area contributed by atoms with Gasteiger partial charge in [-0.1, -0.05) is 13.8 Å². The molecule has 0 saturated carbocycles. The number of nitrogens with zero attached hydrogens (tertiary/aromatic N) is 1. The maximum Gasteiger partial charge on any atom is 0.224 e. The van der Waals surface area contributed by atoms with E-state index in [1.807, 2.05) is 11.9 Å². The Hall–Kier alpha value is -0.320. The van der Waals surface area contributed by atoms with Crippen LogP contribution in [0, 0.1) is 5.92 Å². The highest BCUT2D eigenvalue weighted by Crippen LogP contribution is 2.12. The monoisotopic (exact) mass is 306 g/mol. The van der Waals surface area contributed by atoms with Gasteiger partial charge >= 0.3 is 0 Å². The number of carbonyl (C=O) groups is 1. The van der Waals surface area contributed by atoms with Crippen LogP contribution in [0.1, 0.15) is 46.5 Å². The smallest absolute Gasteiger partial charge is 0.224 e. The van der Waals surface area contributed by atoms with E-state index < -0.39 is 0 Å². The molecule has 20 heavy (non-hydrogen) atoms. The number of hydrogen-bond acceptors (Lipinski definition) is 3. The molecule has 0 aliphatic carbocycles. The summed E-state index contributed by atoms with van der Waals surface area (Å²) in [5, 5.41) is 3.32. The minimum absolute atomic E-state index is 0. The van der Waals surface area contributed by atoms with E-state index in [0.717, 1.165) is 32.4 Å². The molecule has 0 spiro atoms. The van der Waals surface area contributed by atoms with Gasteiger partial charge in [0.25, 0.3) is 0 Å². The number of hydrogen-bond donors (Lipinski definition) is 1. The first-order chi connectivity index (χ1) is 9.00. The van der Waals surface area contributed by atoms with E-state index in [9.17, 15) is 4.79 Å². The third kappa shape index (κ3) is 7.46. The Kier molecular flexibility index (Phi) is 10.2. The first-order valence-corrected chi connectivity index (χ1v) is 7.58. The second-order valence-electron chi connectivity index (χ2n) is 6.05. The van der Waals surface area contributed by atoms with Crippen LogP contribution in [0.5, 0.6) is 0 Å². The van der Waals surface area contributed by atoms with Crippen molar-refractivity contribution in [3.63, 3.8) is 0 Å². The van der Waals surface area contributed by atoms with Gasteiger partial charge < -0.3 is 15.0 Å². The lowest BCUT2D eigenvalue weighted by Gasteiger charge is -2.31. The van der Waals surface area contributed by atoms with Gasteiger partial charge in [0.2, 0.25) is 5.91 Å². The maximum absolute atomic E-state index is 12.1. The largest absolute Gasteiger partial charge is 0.378 e. The highest BCUT2D eigenvalue weighted by atomic mass is 35.5. The summed E-state index contributed by atoms with van der Waals surface area (Å²) >= 11 is 0. The summed E-state index contributed by atoms with van der Waals surface area (Å²) in [6.07, 6.45) is 3.93. The molecule has 5 heteroatoms. The van der Waals surface area contributed by atoms with Crippen LogP contribution < -0.4 is 5.32 Å². The second-order valence-corrected chi connectivity index (χ2v) is 6.05. The summed E-state index contributed by atoms with van der Waals surface area (Å²) in [5.74, 6) is 0.853. The Balaban J connectivity index is 0.00000361. The number of carbonyl (C=O) groups excluding carboxylic acids is 1. The molecule has 1 aliphatic rings. The zero-order chi connectivity index (χ0) is 14.3. The van der Waals surface area contributed by atoms with Gasteiger partial charge in [-0.25, -0.2) is 0 Å². The molecule has 0 aromatic carbocycles. The fraction of sp³-hybridized carbons (Fsp3) is 0.933.